The first-order valence-corrected chi connectivity index (χ1v) is 6.00. The summed E-state index contributed by atoms with van der Waals surface area (Å²) >= 11 is 8.94. The maximum atomic E-state index is 11.1. The highest BCUT2D eigenvalue weighted by atomic mass is 79.9. The number of hydrogen-bond acceptors (Lipinski definition) is 1. The summed E-state index contributed by atoms with van der Waals surface area (Å²) in [5.74, 6) is 0. The molecule has 0 aromatic heterocycles. The van der Waals surface area contributed by atoms with Gasteiger partial charge in [0.1, 0.15) is 0 Å². The van der Waals surface area contributed by atoms with Crippen molar-refractivity contribution < 1.29 is 4.79 Å². The second-order valence-corrected chi connectivity index (χ2v) is 4.44. The van der Waals surface area contributed by atoms with Crippen molar-refractivity contribution >= 4 is 32.9 Å². The Morgan fingerprint density at radius 1 is 1.47 bits per heavy atom. The molecule has 0 aliphatic carbocycles. The molecule has 4 heteroatoms. The predicted molar refractivity (Wildman–Crippen MR) is 66.1 cm³/mol. The standard InChI is InChI=1S/C11H13BrClNO/c1-2-7-14(11(13)15)8-9-5-3-4-6-10(9)12/h3-6H,2,7-8H2,1H3. The Labute approximate surface area is 103 Å². The molecule has 0 fully saturated rings. The van der Waals surface area contributed by atoms with E-state index in [1.54, 1.807) is 4.90 Å². The second-order valence-electron chi connectivity index (χ2n) is 3.27. The van der Waals surface area contributed by atoms with Crippen molar-refractivity contribution in [1.82, 2.24) is 4.90 Å². The Hall–Kier alpha value is -0.540. The second kappa shape index (κ2) is 6.13. The van der Waals surface area contributed by atoms with E-state index in [0.29, 0.717) is 13.1 Å². The van der Waals surface area contributed by atoms with Gasteiger partial charge in [0.2, 0.25) is 0 Å². The van der Waals surface area contributed by atoms with Crippen molar-refractivity contribution in [3.05, 3.63) is 34.3 Å². The van der Waals surface area contributed by atoms with Crippen LogP contribution in [0.2, 0.25) is 0 Å². The van der Waals surface area contributed by atoms with Crippen LogP contribution in [-0.2, 0) is 6.54 Å². The first-order chi connectivity index (χ1) is 7.15. The van der Waals surface area contributed by atoms with Gasteiger partial charge in [0.25, 0.3) is 0 Å². The first kappa shape index (κ1) is 12.5. The molecule has 0 spiro atoms. The minimum absolute atomic E-state index is 0.396. The normalized spacial score (nSPS) is 10.1. The van der Waals surface area contributed by atoms with Gasteiger partial charge in [-0.25, -0.2) is 0 Å². The van der Waals surface area contributed by atoms with Crippen molar-refractivity contribution in [3.8, 4) is 0 Å². The Morgan fingerprint density at radius 2 is 2.13 bits per heavy atom. The zero-order valence-electron chi connectivity index (χ0n) is 8.54. The van der Waals surface area contributed by atoms with E-state index in [9.17, 15) is 4.79 Å². The van der Waals surface area contributed by atoms with Crippen molar-refractivity contribution in [2.45, 2.75) is 19.9 Å². The molecule has 0 unspecified atom stereocenters. The van der Waals surface area contributed by atoms with Crippen LogP contribution in [0.5, 0.6) is 0 Å². The molecule has 1 rings (SSSR count). The third-order valence-electron chi connectivity index (χ3n) is 2.06. The van der Waals surface area contributed by atoms with Crippen LogP contribution >= 0.6 is 27.5 Å². The topological polar surface area (TPSA) is 20.3 Å². The number of carbonyl (C=O) groups is 1. The van der Waals surface area contributed by atoms with Crippen molar-refractivity contribution in [2.24, 2.45) is 0 Å². The molecule has 0 bridgehead atoms. The summed E-state index contributed by atoms with van der Waals surface area (Å²) in [5, 5.41) is -0.396. The number of halogens is 2. The molecule has 0 aliphatic heterocycles. The van der Waals surface area contributed by atoms with Gasteiger partial charge in [-0.05, 0) is 29.7 Å². The van der Waals surface area contributed by atoms with E-state index in [-0.39, 0.29) is 0 Å². The molecule has 0 atom stereocenters. The molecule has 0 aliphatic rings. The van der Waals surface area contributed by atoms with E-state index in [0.717, 1.165) is 16.5 Å². The molecule has 0 saturated heterocycles. The van der Waals surface area contributed by atoms with Gasteiger partial charge in [-0.1, -0.05) is 41.1 Å². The van der Waals surface area contributed by atoms with Crippen molar-refractivity contribution in [1.29, 1.82) is 0 Å². The fourth-order valence-electron chi connectivity index (χ4n) is 1.33. The molecule has 2 nitrogen and oxygen atoms in total. The van der Waals surface area contributed by atoms with Crippen LogP contribution in [0.25, 0.3) is 0 Å². The monoisotopic (exact) mass is 289 g/mol. The number of nitrogens with zero attached hydrogens (tertiary/aromatic N) is 1. The summed E-state index contributed by atoms with van der Waals surface area (Å²) in [6.45, 7) is 3.26. The summed E-state index contributed by atoms with van der Waals surface area (Å²) < 4.78 is 1.00. The van der Waals surface area contributed by atoms with Crippen LogP contribution in [0.4, 0.5) is 4.79 Å². The fraction of sp³-hybridized carbons (Fsp3) is 0.364. The number of carbonyl (C=O) groups excluding carboxylic acids is 1. The molecule has 0 saturated carbocycles. The van der Waals surface area contributed by atoms with Gasteiger partial charge in [-0.3, -0.25) is 4.79 Å². The molecular weight excluding hydrogens is 277 g/mol. The Bertz CT molecular complexity index is 343. The van der Waals surface area contributed by atoms with Gasteiger partial charge in [0, 0.05) is 17.6 Å². The first-order valence-electron chi connectivity index (χ1n) is 4.83. The van der Waals surface area contributed by atoms with Gasteiger partial charge in [-0.2, -0.15) is 0 Å². The highest BCUT2D eigenvalue weighted by Gasteiger charge is 2.11. The zero-order valence-corrected chi connectivity index (χ0v) is 10.9. The van der Waals surface area contributed by atoms with E-state index in [2.05, 4.69) is 15.9 Å². The fourth-order valence-corrected chi connectivity index (χ4v) is 1.89. The molecule has 1 aromatic rings. The molecule has 0 radical (unpaired) electrons. The minimum atomic E-state index is -0.396. The highest BCUT2D eigenvalue weighted by Crippen LogP contribution is 2.18. The van der Waals surface area contributed by atoms with E-state index < -0.39 is 5.37 Å². The number of rotatable bonds is 4. The SMILES string of the molecule is CCCN(Cc1ccccc1Br)C(=O)Cl. The Morgan fingerprint density at radius 3 is 2.67 bits per heavy atom. The predicted octanol–water partition coefficient (Wildman–Crippen LogP) is 4.02. The average molecular weight is 291 g/mol. The molecule has 1 aromatic carbocycles. The van der Waals surface area contributed by atoms with E-state index in [1.807, 2.05) is 31.2 Å². The van der Waals surface area contributed by atoms with E-state index in [1.165, 1.54) is 0 Å². The summed E-state index contributed by atoms with van der Waals surface area (Å²) in [4.78, 5) is 12.8. The number of amides is 1. The van der Waals surface area contributed by atoms with E-state index in [4.69, 9.17) is 11.6 Å². The molecule has 15 heavy (non-hydrogen) atoms. The lowest BCUT2D eigenvalue weighted by molar-refractivity contribution is 0.219. The lowest BCUT2D eigenvalue weighted by Crippen LogP contribution is -2.26. The van der Waals surface area contributed by atoms with Crippen LogP contribution in [-0.4, -0.2) is 16.8 Å². The molecule has 82 valence electrons. The lowest BCUT2D eigenvalue weighted by Gasteiger charge is -2.19. The summed E-state index contributed by atoms with van der Waals surface area (Å²) in [6.07, 6.45) is 0.906. The smallest absolute Gasteiger partial charge is 0.316 e. The van der Waals surface area contributed by atoms with Crippen LogP contribution < -0.4 is 0 Å². The average Bonchev–Trinajstić information content (AvgIpc) is 2.20. The molecule has 1 amide bonds. The molecule has 0 heterocycles. The highest BCUT2D eigenvalue weighted by molar-refractivity contribution is 9.10. The maximum absolute atomic E-state index is 11.1. The summed E-state index contributed by atoms with van der Waals surface area (Å²) in [7, 11) is 0. The summed E-state index contributed by atoms with van der Waals surface area (Å²) in [5.41, 5.74) is 1.07. The zero-order chi connectivity index (χ0) is 11.3. The third kappa shape index (κ3) is 3.84. The van der Waals surface area contributed by atoms with Gasteiger partial charge in [-0.15, -0.1) is 0 Å². The molecular formula is C11H13BrClNO. The van der Waals surface area contributed by atoms with Crippen LogP contribution in [0, 0.1) is 0 Å². The lowest BCUT2D eigenvalue weighted by atomic mass is 10.2. The molecule has 0 N–H and O–H groups in total. The van der Waals surface area contributed by atoms with Gasteiger partial charge < -0.3 is 4.90 Å². The quantitative estimate of drug-likeness (QED) is 0.606. The van der Waals surface area contributed by atoms with Crippen LogP contribution in [0.15, 0.2) is 28.7 Å². The van der Waals surface area contributed by atoms with Gasteiger partial charge in [0.05, 0.1) is 0 Å². The van der Waals surface area contributed by atoms with Gasteiger partial charge in [0.15, 0.2) is 0 Å². The van der Waals surface area contributed by atoms with Crippen LogP contribution in [0.1, 0.15) is 18.9 Å². The minimum Gasteiger partial charge on any atom is -0.325 e. The van der Waals surface area contributed by atoms with Crippen molar-refractivity contribution in [2.75, 3.05) is 6.54 Å². The maximum Gasteiger partial charge on any atom is 0.316 e. The van der Waals surface area contributed by atoms with Crippen molar-refractivity contribution in [3.63, 3.8) is 0 Å². The van der Waals surface area contributed by atoms with E-state index >= 15 is 0 Å². The summed E-state index contributed by atoms with van der Waals surface area (Å²) in [6, 6.07) is 7.83. The number of benzene rings is 1. The Kier molecular flexibility index (Phi) is 5.12. The van der Waals surface area contributed by atoms with Gasteiger partial charge >= 0.3 is 5.37 Å². The largest absolute Gasteiger partial charge is 0.325 e. The third-order valence-corrected chi connectivity index (χ3v) is 3.07. The van der Waals surface area contributed by atoms with Crippen LogP contribution in [0.3, 0.4) is 0 Å². The number of hydrogen-bond donors (Lipinski definition) is 0. The Balaban J connectivity index is 2.74.